The van der Waals surface area contributed by atoms with Crippen LogP contribution in [0, 0.1) is 0 Å². The van der Waals surface area contributed by atoms with Gasteiger partial charge in [0.05, 0.1) is 15.8 Å². The monoisotopic (exact) mass is 298 g/mol. The van der Waals surface area contributed by atoms with E-state index in [1.165, 1.54) is 4.90 Å². The molecule has 3 rings (SSSR count). The van der Waals surface area contributed by atoms with E-state index in [4.69, 9.17) is 4.74 Å². The summed E-state index contributed by atoms with van der Waals surface area (Å²) in [6.45, 7) is 0. The highest BCUT2D eigenvalue weighted by Crippen LogP contribution is 2.35. The van der Waals surface area contributed by atoms with E-state index >= 15 is 0 Å². The molecule has 0 radical (unpaired) electrons. The molecule has 4 nitrogen and oxygen atoms in total. The van der Waals surface area contributed by atoms with Crippen LogP contribution in [0.1, 0.15) is 0 Å². The van der Waals surface area contributed by atoms with Crippen molar-refractivity contribution in [2.24, 2.45) is 0 Å². The van der Waals surface area contributed by atoms with Crippen molar-refractivity contribution < 1.29 is 9.53 Å². The van der Waals surface area contributed by atoms with Gasteiger partial charge in [0.2, 0.25) is 0 Å². The van der Waals surface area contributed by atoms with E-state index in [1.807, 2.05) is 42.5 Å². The average Bonchev–Trinajstić information content (AvgIpc) is 2.91. The molecular formula is C16H14N2O2S. The molecule has 0 aliphatic heterocycles. The Hall–Kier alpha value is -2.40. The largest absolute Gasteiger partial charge is 0.414 e. The number of benzene rings is 2. The number of hydrogen-bond donors (Lipinski definition) is 0. The molecule has 0 unspecified atom stereocenters. The lowest BCUT2D eigenvalue weighted by Crippen LogP contribution is -2.25. The summed E-state index contributed by atoms with van der Waals surface area (Å²) in [6, 6.07) is 15.4. The highest BCUT2D eigenvalue weighted by atomic mass is 32.1. The number of thiazole rings is 1. The summed E-state index contributed by atoms with van der Waals surface area (Å²) in [6.07, 6.45) is -0.399. The minimum Gasteiger partial charge on any atom is -0.409 e. The van der Waals surface area contributed by atoms with Gasteiger partial charge in [0.25, 0.3) is 0 Å². The Morgan fingerprint density at radius 3 is 2.57 bits per heavy atom. The molecule has 0 atom stereocenters. The molecule has 0 aliphatic carbocycles. The van der Waals surface area contributed by atoms with Gasteiger partial charge in [-0.05, 0) is 24.3 Å². The van der Waals surface area contributed by atoms with E-state index < -0.39 is 6.09 Å². The normalized spacial score (nSPS) is 10.6. The molecule has 0 spiro atoms. The van der Waals surface area contributed by atoms with Crippen molar-refractivity contribution in [1.82, 2.24) is 9.88 Å². The second-order valence-corrected chi connectivity index (χ2v) is 5.78. The Kier molecular flexibility index (Phi) is 3.58. The highest BCUT2D eigenvalue weighted by molar-refractivity contribution is 7.21. The summed E-state index contributed by atoms with van der Waals surface area (Å²) in [5.41, 5.74) is 1.78. The van der Waals surface area contributed by atoms with Crippen LogP contribution in [-0.4, -0.2) is 30.1 Å². The zero-order valence-electron chi connectivity index (χ0n) is 11.7. The Morgan fingerprint density at radius 1 is 1.10 bits per heavy atom. The maximum atomic E-state index is 11.8. The van der Waals surface area contributed by atoms with Crippen molar-refractivity contribution in [2.75, 3.05) is 14.1 Å². The predicted molar refractivity (Wildman–Crippen MR) is 84.8 cm³/mol. The van der Waals surface area contributed by atoms with Crippen molar-refractivity contribution in [3.63, 3.8) is 0 Å². The molecule has 1 aromatic heterocycles. The molecule has 0 bridgehead atoms. The number of fused-ring (bicyclic) bond motifs is 1. The third-order valence-electron chi connectivity index (χ3n) is 2.97. The highest BCUT2D eigenvalue weighted by Gasteiger charge is 2.14. The van der Waals surface area contributed by atoms with Gasteiger partial charge >= 0.3 is 6.09 Å². The SMILES string of the molecule is CN(C)C(=O)Oc1ccccc1-c1nc2ccccc2s1. The standard InChI is InChI=1S/C16H14N2O2S/c1-18(2)16(19)20-13-9-5-3-7-11(13)15-17-12-8-4-6-10-14(12)21-15/h3-10H,1-2H3. The molecule has 0 saturated heterocycles. The molecule has 21 heavy (non-hydrogen) atoms. The third-order valence-corrected chi connectivity index (χ3v) is 4.04. The lowest BCUT2D eigenvalue weighted by molar-refractivity contribution is 0.172. The molecule has 2 aromatic carbocycles. The first kappa shape index (κ1) is 13.6. The fraction of sp³-hybridized carbons (Fsp3) is 0.125. The number of carbonyl (C=O) groups excluding carboxylic acids is 1. The molecular weight excluding hydrogens is 284 g/mol. The molecule has 0 N–H and O–H groups in total. The van der Waals surface area contributed by atoms with Gasteiger partial charge in [0, 0.05) is 14.1 Å². The van der Waals surface area contributed by atoms with Crippen molar-refractivity contribution in [3.8, 4) is 16.3 Å². The van der Waals surface area contributed by atoms with Gasteiger partial charge in [-0.2, -0.15) is 0 Å². The van der Waals surface area contributed by atoms with Crippen LogP contribution >= 0.6 is 11.3 Å². The smallest absolute Gasteiger partial charge is 0.409 e. The Bertz CT molecular complexity index is 763. The first-order valence-electron chi connectivity index (χ1n) is 6.49. The maximum absolute atomic E-state index is 11.8. The molecule has 3 aromatic rings. The minimum atomic E-state index is -0.399. The average molecular weight is 298 g/mol. The van der Waals surface area contributed by atoms with E-state index in [-0.39, 0.29) is 0 Å². The van der Waals surface area contributed by atoms with Crippen LogP contribution in [0.4, 0.5) is 4.79 Å². The summed E-state index contributed by atoms with van der Waals surface area (Å²) >= 11 is 1.58. The second-order valence-electron chi connectivity index (χ2n) is 4.75. The van der Waals surface area contributed by atoms with Crippen LogP contribution in [0.15, 0.2) is 48.5 Å². The maximum Gasteiger partial charge on any atom is 0.414 e. The predicted octanol–water partition coefficient (Wildman–Crippen LogP) is 4.02. The van der Waals surface area contributed by atoms with E-state index in [9.17, 15) is 4.79 Å². The summed E-state index contributed by atoms with van der Waals surface area (Å²) in [7, 11) is 3.31. The van der Waals surface area contributed by atoms with Crippen LogP contribution in [0.5, 0.6) is 5.75 Å². The second kappa shape index (κ2) is 5.54. The van der Waals surface area contributed by atoms with Crippen LogP contribution in [-0.2, 0) is 0 Å². The van der Waals surface area contributed by atoms with E-state index in [0.29, 0.717) is 5.75 Å². The fourth-order valence-electron chi connectivity index (χ4n) is 1.91. The first-order chi connectivity index (χ1) is 10.1. The zero-order chi connectivity index (χ0) is 14.8. The van der Waals surface area contributed by atoms with Crippen LogP contribution in [0.25, 0.3) is 20.8 Å². The quantitative estimate of drug-likeness (QED) is 0.717. The molecule has 0 fully saturated rings. The molecule has 106 valence electrons. The number of rotatable bonds is 2. The van der Waals surface area contributed by atoms with Gasteiger partial charge in [0.1, 0.15) is 10.8 Å². The number of nitrogens with zero attached hydrogens (tertiary/aromatic N) is 2. The van der Waals surface area contributed by atoms with Gasteiger partial charge < -0.3 is 9.64 Å². The number of carbonyl (C=O) groups is 1. The first-order valence-corrected chi connectivity index (χ1v) is 7.31. The van der Waals surface area contributed by atoms with Crippen LogP contribution < -0.4 is 4.74 Å². The van der Waals surface area contributed by atoms with Gasteiger partial charge in [-0.15, -0.1) is 11.3 Å². The van der Waals surface area contributed by atoms with Crippen LogP contribution in [0.2, 0.25) is 0 Å². The molecule has 1 amide bonds. The van der Waals surface area contributed by atoms with Crippen molar-refractivity contribution >= 4 is 27.6 Å². The van der Waals surface area contributed by atoms with Gasteiger partial charge in [-0.25, -0.2) is 9.78 Å². The number of para-hydroxylation sites is 2. The molecule has 5 heteroatoms. The number of ether oxygens (including phenoxy) is 1. The third kappa shape index (κ3) is 2.73. The van der Waals surface area contributed by atoms with Crippen molar-refractivity contribution in [1.29, 1.82) is 0 Å². The zero-order valence-corrected chi connectivity index (χ0v) is 12.6. The number of hydrogen-bond acceptors (Lipinski definition) is 4. The number of amides is 1. The summed E-state index contributed by atoms with van der Waals surface area (Å²) in [4.78, 5) is 17.8. The minimum absolute atomic E-state index is 0.399. The van der Waals surface area contributed by atoms with Crippen molar-refractivity contribution in [2.45, 2.75) is 0 Å². The fourth-order valence-corrected chi connectivity index (χ4v) is 2.90. The van der Waals surface area contributed by atoms with Gasteiger partial charge in [-0.1, -0.05) is 24.3 Å². The number of aromatic nitrogens is 1. The lowest BCUT2D eigenvalue weighted by atomic mass is 10.2. The summed E-state index contributed by atoms with van der Waals surface area (Å²) < 4.78 is 6.52. The van der Waals surface area contributed by atoms with Gasteiger partial charge in [-0.3, -0.25) is 0 Å². The van der Waals surface area contributed by atoms with E-state index in [0.717, 1.165) is 20.8 Å². The van der Waals surface area contributed by atoms with E-state index in [2.05, 4.69) is 4.98 Å². The Labute approximate surface area is 126 Å². The van der Waals surface area contributed by atoms with Gasteiger partial charge in [0.15, 0.2) is 0 Å². The lowest BCUT2D eigenvalue weighted by Gasteiger charge is -2.12. The molecule has 0 saturated carbocycles. The van der Waals surface area contributed by atoms with Crippen LogP contribution in [0.3, 0.4) is 0 Å². The van der Waals surface area contributed by atoms with E-state index in [1.54, 1.807) is 31.5 Å². The molecule has 1 heterocycles. The Balaban J connectivity index is 2.03. The topological polar surface area (TPSA) is 42.4 Å². The summed E-state index contributed by atoms with van der Waals surface area (Å²) in [5, 5.41) is 0.846. The summed E-state index contributed by atoms with van der Waals surface area (Å²) in [5.74, 6) is 0.523. The van der Waals surface area contributed by atoms with Crippen molar-refractivity contribution in [3.05, 3.63) is 48.5 Å². The Morgan fingerprint density at radius 2 is 1.81 bits per heavy atom. The molecule has 0 aliphatic rings.